The van der Waals surface area contributed by atoms with Crippen molar-refractivity contribution < 1.29 is 13.5 Å². The number of rotatable bonds is 7. The van der Waals surface area contributed by atoms with Gasteiger partial charge in [0.15, 0.2) is 0 Å². The second-order valence-corrected chi connectivity index (χ2v) is 5.99. The van der Waals surface area contributed by atoms with Crippen molar-refractivity contribution in [3.05, 3.63) is 29.8 Å². The number of halogens is 1. The Hall–Kier alpha value is -0.820. The van der Waals surface area contributed by atoms with Crippen LogP contribution in [0.4, 0.5) is 5.69 Å². The molecule has 0 bridgehead atoms. The Morgan fingerprint density at radius 3 is 2.32 bits per heavy atom. The molecule has 0 saturated heterocycles. The molecule has 0 aromatic heterocycles. The monoisotopic (exact) mass is 308 g/mol. The Morgan fingerprint density at radius 1 is 1.26 bits per heavy atom. The first kappa shape index (κ1) is 18.2. The summed E-state index contributed by atoms with van der Waals surface area (Å²) < 4.78 is 24.4. The van der Waals surface area contributed by atoms with Crippen molar-refractivity contribution in [3.63, 3.8) is 0 Å². The third kappa shape index (κ3) is 8.05. The van der Waals surface area contributed by atoms with E-state index in [-0.39, 0.29) is 12.4 Å². The molecule has 0 spiro atoms. The molecule has 1 unspecified atom stereocenters. The summed E-state index contributed by atoms with van der Waals surface area (Å²) in [4.78, 5) is 0. The second kappa shape index (κ2) is 8.37. The van der Waals surface area contributed by atoms with Crippen LogP contribution in [0.15, 0.2) is 24.3 Å². The van der Waals surface area contributed by atoms with Crippen LogP contribution in [0.1, 0.15) is 18.9 Å². The fourth-order valence-corrected chi connectivity index (χ4v) is 2.09. The average Bonchev–Trinajstić information content (AvgIpc) is 2.27. The van der Waals surface area contributed by atoms with Crippen LogP contribution in [0.3, 0.4) is 0 Å². The lowest BCUT2D eigenvalue weighted by molar-refractivity contribution is 0.138. The van der Waals surface area contributed by atoms with Crippen LogP contribution in [-0.2, 0) is 16.4 Å². The van der Waals surface area contributed by atoms with Crippen molar-refractivity contribution in [2.75, 3.05) is 17.5 Å². The first-order valence-electron chi connectivity index (χ1n) is 5.89. The van der Waals surface area contributed by atoms with E-state index in [1.807, 2.05) is 6.92 Å². The largest absolute Gasteiger partial charge is 0.378 e. The maximum absolute atomic E-state index is 11.0. The summed E-state index contributed by atoms with van der Waals surface area (Å²) in [5, 5.41) is 12.6. The summed E-state index contributed by atoms with van der Waals surface area (Å²) >= 11 is 0. The van der Waals surface area contributed by atoms with Crippen LogP contribution in [0, 0.1) is 0 Å². The Bertz CT molecular complexity index is 462. The summed E-state index contributed by atoms with van der Waals surface area (Å²) in [7, 11) is -3.24. The number of aliphatic hydroxyl groups is 1. The molecule has 0 heterocycles. The maximum Gasteiger partial charge on any atom is 0.229 e. The number of nitrogens with one attached hydrogen (secondary N) is 2. The molecule has 0 aliphatic rings. The standard InChI is InChI=1S/C12H20N2O3S.ClH/c1-3-8-13-12(15)9-10-4-6-11(7-5-10)14-18(2,16)17;/h4-7,12-15H,3,8-9H2,1-2H3;1H. The van der Waals surface area contributed by atoms with E-state index < -0.39 is 16.3 Å². The van der Waals surface area contributed by atoms with Crippen molar-refractivity contribution in [1.82, 2.24) is 5.32 Å². The highest BCUT2D eigenvalue weighted by Crippen LogP contribution is 2.11. The van der Waals surface area contributed by atoms with Gasteiger partial charge in [0, 0.05) is 12.1 Å². The third-order valence-electron chi connectivity index (χ3n) is 2.32. The van der Waals surface area contributed by atoms with E-state index in [0.717, 1.165) is 24.8 Å². The van der Waals surface area contributed by atoms with Gasteiger partial charge >= 0.3 is 0 Å². The van der Waals surface area contributed by atoms with Gasteiger partial charge < -0.3 is 5.11 Å². The molecule has 0 saturated carbocycles. The smallest absolute Gasteiger partial charge is 0.229 e. The molecular formula is C12H21ClN2O3S. The zero-order valence-corrected chi connectivity index (χ0v) is 12.7. The van der Waals surface area contributed by atoms with Gasteiger partial charge in [0.2, 0.25) is 10.0 Å². The molecule has 5 nitrogen and oxygen atoms in total. The molecule has 1 atom stereocenters. The molecule has 1 rings (SSSR count). The van der Waals surface area contributed by atoms with Crippen LogP contribution >= 0.6 is 12.4 Å². The van der Waals surface area contributed by atoms with Gasteiger partial charge in [-0.3, -0.25) is 10.0 Å². The lowest BCUT2D eigenvalue weighted by atomic mass is 10.1. The lowest BCUT2D eigenvalue weighted by Crippen LogP contribution is -2.31. The van der Waals surface area contributed by atoms with Crippen molar-refractivity contribution in [2.24, 2.45) is 0 Å². The SMILES string of the molecule is CCCNC(O)Cc1ccc(NS(C)(=O)=O)cc1.Cl. The predicted octanol–water partition coefficient (Wildman–Crippen LogP) is 1.34. The van der Waals surface area contributed by atoms with Gasteiger partial charge in [0.1, 0.15) is 6.23 Å². The highest BCUT2D eigenvalue weighted by atomic mass is 35.5. The normalized spacial score (nSPS) is 12.6. The fraction of sp³-hybridized carbons (Fsp3) is 0.500. The van der Waals surface area contributed by atoms with Gasteiger partial charge in [-0.2, -0.15) is 0 Å². The number of anilines is 1. The lowest BCUT2D eigenvalue weighted by Gasteiger charge is -2.12. The number of sulfonamides is 1. The quantitative estimate of drug-likeness (QED) is 0.664. The van der Waals surface area contributed by atoms with Gasteiger partial charge in [0.05, 0.1) is 6.26 Å². The molecule has 0 aliphatic carbocycles. The minimum absolute atomic E-state index is 0. The van der Waals surface area contributed by atoms with Gasteiger partial charge in [-0.1, -0.05) is 19.1 Å². The van der Waals surface area contributed by atoms with Crippen LogP contribution in [0.2, 0.25) is 0 Å². The van der Waals surface area contributed by atoms with Gasteiger partial charge in [-0.25, -0.2) is 8.42 Å². The van der Waals surface area contributed by atoms with E-state index in [4.69, 9.17) is 0 Å². The number of hydrogen-bond acceptors (Lipinski definition) is 4. The molecule has 3 N–H and O–H groups in total. The first-order chi connectivity index (χ1) is 8.40. The molecular weight excluding hydrogens is 288 g/mol. The highest BCUT2D eigenvalue weighted by molar-refractivity contribution is 7.92. The van der Waals surface area contributed by atoms with Crippen LogP contribution < -0.4 is 10.0 Å². The summed E-state index contributed by atoms with van der Waals surface area (Å²) in [6.45, 7) is 2.81. The van der Waals surface area contributed by atoms with E-state index >= 15 is 0 Å². The zero-order chi connectivity index (χ0) is 13.6. The first-order valence-corrected chi connectivity index (χ1v) is 7.78. The zero-order valence-electron chi connectivity index (χ0n) is 11.1. The van der Waals surface area contributed by atoms with Crippen molar-refractivity contribution >= 4 is 28.1 Å². The molecule has 0 fully saturated rings. The Kier molecular flexibility index (Phi) is 8.01. The molecule has 110 valence electrons. The van der Waals surface area contributed by atoms with Crippen molar-refractivity contribution in [1.29, 1.82) is 0 Å². The number of benzene rings is 1. The maximum atomic E-state index is 11.0. The van der Waals surface area contributed by atoms with Crippen LogP contribution in [0.25, 0.3) is 0 Å². The molecule has 0 amide bonds. The van der Waals surface area contributed by atoms with Gasteiger partial charge in [0.25, 0.3) is 0 Å². The topological polar surface area (TPSA) is 78.4 Å². The second-order valence-electron chi connectivity index (χ2n) is 4.25. The molecule has 0 radical (unpaired) electrons. The van der Waals surface area contributed by atoms with Crippen LogP contribution in [0.5, 0.6) is 0 Å². The summed E-state index contributed by atoms with van der Waals surface area (Å²) in [6, 6.07) is 6.96. The Morgan fingerprint density at radius 2 is 1.84 bits per heavy atom. The minimum atomic E-state index is -3.24. The predicted molar refractivity (Wildman–Crippen MR) is 80.2 cm³/mol. The van der Waals surface area contributed by atoms with E-state index in [9.17, 15) is 13.5 Å². The van der Waals surface area contributed by atoms with E-state index in [1.165, 1.54) is 0 Å². The Balaban J connectivity index is 0.00000324. The molecule has 1 aromatic rings. The summed E-state index contributed by atoms with van der Waals surface area (Å²) in [5.74, 6) is 0. The minimum Gasteiger partial charge on any atom is -0.378 e. The molecule has 1 aromatic carbocycles. The van der Waals surface area contributed by atoms with Crippen molar-refractivity contribution in [3.8, 4) is 0 Å². The highest BCUT2D eigenvalue weighted by Gasteiger charge is 2.05. The number of aliphatic hydroxyl groups excluding tert-OH is 1. The number of hydrogen-bond donors (Lipinski definition) is 3. The van der Waals surface area contributed by atoms with Crippen LogP contribution in [-0.4, -0.2) is 32.6 Å². The molecule has 7 heteroatoms. The summed E-state index contributed by atoms with van der Waals surface area (Å²) in [5.41, 5.74) is 1.47. The fourth-order valence-electron chi connectivity index (χ4n) is 1.53. The third-order valence-corrected chi connectivity index (χ3v) is 2.92. The van der Waals surface area contributed by atoms with Gasteiger partial charge in [-0.15, -0.1) is 12.4 Å². The summed E-state index contributed by atoms with van der Waals surface area (Å²) in [6.07, 6.45) is 2.01. The average molecular weight is 309 g/mol. The van der Waals surface area contributed by atoms with E-state index in [0.29, 0.717) is 12.1 Å². The molecule has 0 aliphatic heterocycles. The molecule has 19 heavy (non-hydrogen) atoms. The van der Waals surface area contributed by atoms with Gasteiger partial charge in [-0.05, 0) is 30.7 Å². The van der Waals surface area contributed by atoms with E-state index in [2.05, 4.69) is 10.0 Å². The van der Waals surface area contributed by atoms with Crippen molar-refractivity contribution in [2.45, 2.75) is 26.0 Å². The van der Waals surface area contributed by atoms with E-state index in [1.54, 1.807) is 24.3 Å². The Labute approximate surface area is 120 Å².